The lowest BCUT2D eigenvalue weighted by molar-refractivity contribution is 0.0932. The Bertz CT molecular complexity index is 673. The molecule has 2 aromatic rings. The molecule has 1 aliphatic rings. The minimum atomic E-state index is -0.167. The summed E-state index contributed by atoms with van der Waals surface area (Å²) in [6.07, 6.45) is 3.48. The Hall–Kier alpha value is -2.36. The second-order valence-corrected chi connectivity index (χ2v) is 5.12. The van der Waals surface area contributed by atoms with Crippen molar-refractivity contribution in [2.45, 2.75) is 25.8 Å². The SMILES string of the molecule is CC(=O)c1c[nH]c(C(=O)N[C@H]2CCc3ccccc32)c1. The normalized spacial score (nSPS) is 16.8. The molecule has 4 nitrogen and oxygen atoms in total. The largest absolute Gasteiger partial charge is 0.356 e. The molecule has 0 saturated carbocycles. The van der Waals surface area contributed by atoms with Crippen LogP contribution in [-0.4, -0.2) is 16.7 Å². The van der Waals surface area contributed by atoms with Crippen LogP contribution in [0.2, 0.25) is 0 Å². The first kappa shape index (κ1) is 12.7. The number of aryl methyl sites for hydroxylation is 1. The number of nitrogens with one attached hydrogen (secondary N) is 2. The Morgan fingerprint density at radius 1 is 1.30 bits per heavy atom. The maximum Gasteiger partial charge on any atom is 0.268 e. The van der Waals surface area contributed by atoms with Crippen LogP contribution in [0.3, 0.4) is 0 Å². The van der Waals surface area contributed by atoms with Crippen molar-refractivity contribution in [1.29, 1.82) is 0 Å². The van der Waals surface area contributed by atoms with Crippen LogP contribution >= 0.6 is 0 Å². The van der Waals surface area contributed by atoms with Gasteiger partial charge in [0.15, 0.2) is 5.78 Å². The number of benzene rings is 1. The van der Waals surface area contributed by atoms with Gasteiger partial charge in [-0.15, -0.1) is 0 Å². The zero-order chi connectivity index (χ0) is 14.1. The zero-order valence-electron chi connectivity index (χ0n) is 11.3. The quantitative estimate of drug-likeness (QED) is 0.841. The van der Waals surface area contributed by atoms with Crippen LogP contribution in [0.4, 0.5) is 0 Å². The molecule has 1 aromatic carbocycles. The predicted octanol–water partition coefficient (Wildman–Crippen LogP) is 2.63. The summed E-state index contributed by atoms with van der Waals surface area (Å²) in [4.78, 5) is 26.3. The van der Waals surface area contributed by atoms with Gasteiger partial charge in [-0.3, -0.25) is 9.59 Å². The molecule has 1 aromatic heterocycles. The first-order chi connectivity index (χ1) is 9.65. The molecule has 4 heteroatoms. The minimum Gasteiger partial charge on any atom is -0.356 e. The molecule has 3 rings (SSSR count). The summed E-state index contributed by atoms with van der Waals surface area (Å²) in [7, 11) is 0. The average molecular weight is 268 g/mol. The highest BCUT2D eigenvalue weighted by atomic mass is 16.2. The molecule has 1 atom stereocenters. The second kappa shape index (κ2) is 4.96. The van der Waals surface area contributed by atoms with E-state index in [1.54, 1.807) is 12.3 Å². The summed E-state index contributed by atoms with van der Waals surface area (Å²) < 4.78 is 0. The second-order valence-electron chi connectivity index (χ2n) is 5.12. The number of carbonyl (C=O) groups is 2. The third kappa shape index (κ3) is 2.25. The Kier molecular flexibility index (Phi) is 3.14. The van der Waals surface area contributed by atoms with E-state index in [4.69, 9.17) is 0 Å². The van der Waals surface area contributed by atoms with Crippen LogP contribution in [0.15, 0.2) is 36.5 Å². The molecule has 0 aliphatic heterocycles. The highest BCUT2D eigenvalue weighted by Crippen LogP contribution is 2.30. The van der Waals surface area contributed by atoms with Gasteiger partial charge in [0.1, 0.15) is 5.69 Å². The molecule has 0 bridgehead atoms. The number of Topliss-reactive ketones (excluding diaryl/α,β-unsaturated/α-hetero) is 1. The van der Waals surface area contributed by atoms with Gasteiger partial charge in [0.25, 0.3) is 5.91 Å². The molecule has 0 spiro atoms. The molecule has 0 saturated heterocycles. The number of carbonyl (C=O) groups excluding carboxylic acids is 2. The van der Waals surface area contributed by atoms with Crippen LogP contribution in [0, 0.1) is 0 Å². The Labute approximate surface area is 117 Å². The molecule has 0 fully saturated rings. The van der Waals surface area contributed by atoms with Crippen molar-refractivity contribution in [2.75, 3.05) is 0 Å². The van der Waals surface area contributed by atoms with Crippen LogP contribution in [0.1, 0.15) is 51.4 Å². The van der Waals surface area contributed by atoms with Crippen molar-refractivity contribution in [3.63, 3.8) is 0 Å². The Morgan fingerprint density at radius 3 is 2.85 bits per heavy atom. The van der Waals surface area contributed by atoms with E-state index in [0.717, 1.165) is 12.8 Å². The average Bonchev–Trinajstić information content (AvgIpc) is 3.06. The van der Waals surface area contributed by atoms with Gasteiger partial charge < -0.3 is 10.3 Å². The van der Waals surface area contributed by atoms with E-state index in [9.17, 15) is 9.59 Å². The van der Waals surface area contributed by atoms with Crippen molar-refractivity contribution in [1.82, 2.24) is 10.3 Å². The molecule has 102 valence electrons. The van der Waals surface area contributed by atoms with E-state index >= 15 is 0 Å². The number of hydrogen-bond donors (Lipinski definition) is 2. The predicted molar refractivity (Wildman–Crippen MR) is 75.8 cm³/mol. The number of ketones is 1. The number of aromatic amines is 1. The molecule has 1 amide bonds. The zero-order valence-corrected chi connectivity index (χ0v) is 11.3. The lowest BCUT2D eigenvalue weighted by Crippen LogP contribution is -2.27. The van der Waals surface area contributed by atoms with E-state index in [0.29, 0.717) is 11.3 Å². The molecule has 0 unspecified atom stereocenters. The number of rotatable bonds is 3. The maximum atomic E-state index is 12.2. The summed E-state index contributed by atoms with van der Waals surface area (Å²) in [5.74, 6) is -0.217. The fourth-order valence-electron chi connectivity index (χ4n) is 2.67. The van der Waals surface area contributed by atoms with E-state index < -0.39 is 0 Å². The van der Waals surface area contributed by atoms with Crippen molar-refractivity contribution in [3.8, 4) is 0 Å². The fourth-order valence-corrected chi connectivity index (χ4v) is 2.67. The summed E-state index contributed by atoms with van der Waals surface area (Å²) in [5.41, 5.74) is 3.45. The van der Waals surface area contributed by atoms with Crippen molar-refractivity contribution >= 4 is 11.7 Å². The first-order valence-electron chi connectivity index (χ1n) is 6.73. The first-order valence-corrected chi connectivity index (χ1v) is 6.73. The Balaban J connectivity index is 1.75. The summed E-state index contributed by atoms with van der Waals surface area (Å²) in [5, 5.41) is 3.02. The van der Waals surface area contributed by atoms with E-state index in [2.05, 4.69) is 22.4 Å². The van der Waals surface area contributed by atoms with Gasteiger partial charge >= 0.3 is 0 Å². The smallest absolute Gasteiger partial charge is 0.268 e. The number of H-pyrrole nitrogens is 1. The van der Waals surface area contributed by atoms with Crippen molar-refractivity contribution in [2.24, 2.45) is 0 Å². The summed E-state index contributed by atoms with van der Waals surface area (Å²) in [6, 6.07) is 9.83. The van der Waals surface area contributed by atoms with Gasteiger partial charge in [0.2, 0.25) is 0 Å². The molecular formula is C16H16N2O2. The molecular weight excluding hydrogens is 252 g/mol. The highest BCUT2D eigenvalue weighted by molar-refractivity contribution is 5.99. The van der Waals surface area contributed by atoms with E-state index in [-0.39, 0.29) is 17.7 Å². The minimum absolute atomic E-state index is 0.0495. The molecule has 20 heavy (non-hydrogen) atoms. The van der Waals surface area contributed by atoms with Gasteiger partial charge in [-0.2, -0.15) is 0 Å². The van der Waals surface area contributed by atoms with Crippen LogP contribution in [0.5, 0.6) is 0 Å². The highest BCUT2D eigenvalue weighted by Gasteiger charge is 2.24. The third-order valence-corrected chi connectivity index (χ3v) is 3.77. The van der Waals surface area contributed by atoms with Crippen molar-refractivity contribution < 1.29 is 9.59 Å². The van der Waals surface area contributed by atoms with Crippen LogP contribution in [0.25, 0.3) is 0 Å². The molecule has 0 radical (unpaired) electrons. The topological polar surface area (TPSA) is 62.0 Å². The lowest BCUT2D eigenvalue weighted by Gasteiger charge is -2.13. The fraction of sp³-hybridized carbons (Fsp3) is 0.250. The summed E-state index contributed by atoms with van der Waals surface area (Å²) >= 11 is 0. The Morgan fingerprint density at radius 2 is 2.10 bits per heavy atom. The van der Waals surface area contributed by atoms with Crippen LogP contribution in [-0.2, 0) is 6.42 Å². The number of aromatic nitrogens is 1. The molecule has 1 heterocycles. The van der Waals surface area contributed by atoms with Gasteiger partial charge in [-0.05, 0) is 37.0 Å². The number of hydrogen-bond acceptors (Lipinski definition) is 2. The van der Waals surface area contributed by atoms with Gasteiger partial charge in [0, 0.05) is 11.8 Å². The third-order valence-electron chi connectivity index (χ3n) is 3.77. The van der Waals surface area contributed by atoms with Crippen molar-refractivity contribution in [3.05, 3.63) is 58.9 Å². The maximum absolute atomic E-state index is 12.2. The lowest BCUT2D eigenvalue weighted by atomic mass is 10.1. The van der Waals surface area contributed by atoms with E-state index in [1.165, 1.54) is 18.1 Å². The number of fused-ring (bicyclic) bond motifs is 1. The number of amides is 1. The summed E-state index contributed by atoms with van der Waals surface area (Å²) in [6.45, 7) is 1.48. The monoisotopic (exact) mass is 268 g/mol. The standard InChI is InChI=1S/C16H16N2O2/c1-10(19)12-8-15(17-9-12)16(20)18-14-7-6-11-4-2-3-5-13(11)14/h2-5,8-9,14,17H,6-7H2,1H3,(H,18,20)/t14-/m0/s1. The van der Waals surface area contributed by atoms with Crippen LogP contribution < -0.4 is 5.32 Å². The van der Waals surface area contributed by atoms with Gasteiger partial charge in [-0.1, -0.05) is 24.3 Å². The van der Waals surface area contributed by atoms with Gasteiger partial charge in [0.05, 0.1) is 6.04 Å². The van der Waals surface area contributed by atoms with E-state index in [1.807, 2.05) is 12.1 Å². The molecule has 1 aliphatic carbocycles. The molecule has 2 N–H and O–H groups in total. The van der Waals surface area contributed by atoms with Gasteiger partial charge in [-0.25, -0.2) is 0 Å².